The molecular formula is C26H36N2O2S2. The van der Waals surface area contributed by atoms with Gasteiger partial charge in [0.1, 0.15) is 10.4 Å². The molecule has 2 aliphatic rings. The SMILES string of the molecule is CCCCCC(C=C1SC(=S)N(C(C)C(=O)NCc2ccccc2)C1=O)C1CCCCC1. The van der Waals surface area contributed by atoms with Gasteiger partial charge < -0.3 is 5.32 Å². The molecule has 2 atom stereocenters. The van der Waals surface area contributed by atoms with E-state index in [-0.39, 0.29) is 11.8 Å². The zero-order chi connectivity index (χ0) is 22.9. The Hall–Kier alpha value is -1.66. The number of hydrogen-bond donors (Lipinski definition) is 1. The lowest BCUT2D eigenvalue weighted by Crippen LogP contribution is -2.46. The lowest BCUT2D eigenvalue weighted by molar-refractivity contribution is -0.132. The number of thiocarbonyl (C=S) groups is 1. The van der Waals surface area contributed by atoms with Crippen molar-refractivity contribution in [3.8, 4) is 0 Å². The van der Waals surface area contributed by atoms with Gasteiger partial charge in [0.25, 0.3) is 5.91 Å². The number of allylic oxidation sites excluding steroid dienone is 1. The summed E-state index contributed by atoms with van der Waals surface area (Å²) in [6, 6.07) is 9.16. The van der Waals surface area contributed by atoms with Gasteiger partial charge in [-0.1, -0.05) is 106 Å². The molecule has 0 spiro atoms. The van der Waals surface area contributed by atoms with E-state index in [0.29, 0.717) is 27.6 Å². The second-order valence-corrected chi connectivity index (χ2v) is 10.7. The van der Waals surface area contributed by atoms with Gasteiger partial charge in [0.15, 0.2) is 0 Å². The Morgan fingerprint density at radius 2 is 1.94 bits per heavy atom. The zero-order valence-electron chi connectivity index (χ0n) is 19.3. The molecule has 6 heteroatoms. The Morgan fingerprint density at radius 1 is 1.22 bits per heavy atom. The Kier molecular flexibility index (Phi) is 9.79. The van der Waals surface area contributed by atoms with Crippen LogP contribution in [0.25, 0.3) is 0 Å². The maximum atomic E-state index is 13.3. The number of rotatable bonds is 10. The quantitative estimate of drug-likeness (QED) is 0.250. The first-order valence-corrected chi connectivity index (χ1v) is 13.3. The molecule has 1 aromatic carbocycles. The first-order chi connectivity index (χ1) is 15.5. The lowest BCUT2D eigenvalue weighted by atomic mass is 9.77. The van der Waals surface area contributed by atoms with Crippen LogP contribution in [-0.4, -0.2) is 27.1 Å². The minimum Gasteiger partial charge on any atom is -0.350 e. The monoisotopic (exact) mass is 472 g/mol. The van der Waals surface area contributed by atoms with Crippen LogP contribution in [0, 0.1) is 11.8 Å². The Morgan fingerprint density at radius 3 is 2.62 bits per heavy atom. The Labute approximate surface area is 202 Å². The largest absolute Gasteiger partial charge is 0.350 e. The van der Waals surface area contributed by atoms with Crippen LogP contribution < -0.4 is 5.32 Å². The van der Waals surface area contributed by atoms with E-state index in [4.69, 9.17) is 12.2 Å². The zero-order valence-corrected chi connectivity index (χ0v) is 21.0. The minimum absolute atomic E-state index is 0.112. The highest BCUT2D eigenvalue weighted by Crippen LogP contribution is 2.39. The Bertz CT molecular complexity index is 818. The van der Waals surface area contributed by atoms with Crippen molar-refractivity contribution in [3.05, 3.63) is 46.9 Å². The van der Waals surface area contributed by atoms with Crippen LogP contribution in [-0.2, 0) is 16.1 Å². The van der Waals surface area contributed by atoms with Crippen molar-refractivity contribution >= 4 is 40.1 Å². The van der Waals surface area contributed by atoms with Crippen LogP contribution in [0.1, 0.15) is 77.2 Å². The van der Waals surface area contributed by atoms with E-state index in [0.717, 1.165) is 12.0 Å². The highest BCUT2D eigenvalue weighted by Gasteiger charge is 2.39. The fourth-order valence-electron chi connectivity index (χ4n) is 4.72. The molecule has 4 nitrogen and oxygen atoms in total. The van der Waals surface area contributed by atoms with E-state index in [9.17, 15) is 9.59 Å². The second-order valence-electron chi connectivity index (χ2n) is 9.01. The molecule has 32 heavy (non-hydrogen) atoms. The second kappa shape index (κ2) is 12.5. The Balaban J connectivity index is 1.66. The maximum absolute atomic E-state index is 13.3. The molecule has 1 saturated heterocycles. The van der Waals surface area contributed by atoms with Gasteiger partial charge >= 0.3 is 0 Å². The summed E-state index contributed by atoms with van der Waals surface area (Å²) in [6.45, 7) is 4.43. The molecule has 2 amide bonds. The molecular weight excluding hydrogens is 436 g/mol. The van der Waals surface area contributed by atoms with Crippen LogP contribution in [0.3, 0.4) is 0 Å². The summed E-state index contributed by atoms with van der Waals surface area (Å²) in [5, 5.41) is 2.94. The molecule has 1 aliphatic carbocycles. The topological polar surface area (TPSA) is 49.4 Å². The van der Waals surface area contributed by atoms with Gasteiger partial charge in [-0.05, 0) is 43.6 Å². The fourth-order valence-corrected chi connectivity index (χ4v) is 6.19. The smallest absolute Gasteiger partial charge is 0.266 e. The summed E-state index contributed by atoms with van der Waals surface area (Å²) < 4.78 is 0.486. The number of amides is 2. The number of nitrogens with one attached hydrogen (secondary N) is 1. The predicted molar refractivity (Wildman–Crippen MR) is 137 cm³/mol. The van der Waals surface area contributed by atoms with Crippen LogP contribution >= 0.6 is 24.0 Å². The van der Waals surface area contributed by atoms with E-state index in [1.54, 1.807) is 6.92 Å². The molecule has 174 valence electrons. The van der Waals surface area contributed by atoms with Gasteiger partial charge in [-0.3, -0.25) is 14.5 Å². The van der Waals surface area contributed by atoms with Crippen molar-refractivity contribution < 1.29 is 9.59 Å². The molecule has 0 radical (unpaired) electrons. The van der Waals surface area contributed by atoms with Gasteiger partial charge in [-0.2, -0.15) is 0 Å². The summed E-state index contributed by atoms with van der Waals surface area (Å²) in [5.74, 6) is 0.797. The third kappa shape index (κ3) is 6.67. The van der Waals surface area contributed by atoms with Gasteiger partial charge in [-0.15, -0.1) is 0 Å². The van der Waals surface area contributed by atoms with Crippen molar-refractivity contribution in [2.24, 2.45) is 11.8 Å². The van der Waals surface area contributed by atoms with Crippen molar-refractivity contribution in [2.75, 3.05) is 0 Å². The average Bonchev–Trinajstić information content (AvgIpc) is 3.10. The molecule has 3 rings (SSSR count). The van der Waals surface area contributed by atoms with Crippen LogP contribution in [0.4, 0.5) is 0 Å². The highest BCUT2D eigenvalue weighted by atomic mass is 32.2. The molecule has 1 heterocycles. The van der Waals surface area contributed by atoms with Crippen molar-refractivity contribution in [2.45, 2.75) is 84.2 Å². The average molecular weight is 473 g/mol. The number of benzene rings is 1. The number of unbranched alkanes of at least 4 members (excludes halogenated alkanes) is 2. The minimum atomic E-state index is -0.620. The molecule has 2 unspecified atom stereocenters. The maximum Gasteiger partial charge on any atom is 0.266 e. The molecule has 2 fully saturated rings. The van der Waals surface area contributed by atoms with E-state index >= 15 is 0 Å². The van der Waals surface area contributed by atoms with Gasteiger partial charge in [0.05, 0.1) is 4.91 Å². The molecule has 1 aliphatic heterocycles. The van der Waals surface area contributed by atoms with Crippen molar-refractivity contribution in [3.63, 3.8) is 0 Å². The molecule has 1 aromatic rings. The van der Waals surface area contributed by atoms with Crippen molar-refractivity contribution in [1.29, 1.82) is 0 Å². The summed E-state index contributed by atoms with van der Waals surface area (Å²) in [4.78, 5) is 28.2. The number of hydrogen-bond acceptors (Lipinski definition) is 4. The summed E-state index contributed by atoms with van der Waals surface area (Å²) in [5.41, 5.74) is 1.03. The number of carbonyl (C=O) groups excluding carboxylic acids is 2. The van der Waals surface area contributed by atoms with E-state index < -0.39 is 6.04 Å². The van der Waals surface area contributed by atoms with Gasteiger partial charge in [0, 0.05) is 6.54 Å². The van der Waals surface area contributed by atoms with E-state index in [2.05, 4.69) is 18.3 Å². The number of carbonyl (C=O) groups is 2. The highest BCUT2D eigenvalue weighted by molar-refractivity contribution is 8.26. The van der Waals surface area contributed by atoms with Gasteiger partial charge in [0.2, 0.25) is 5.91 Å². The molecule has 0 aromatic heterocycles. The third-order valence-electron chi connectivity index (χ3n) is 6.66. The van der Waals surface area contributed by atoms with E-state index in [1.165, 1.54) is 68.0 Å². The first kappa shape index (κ1) is 25.0. The van der Waals surface area contributed by atoms with Crippen molar-refractivity contribution in [1.82, 2.24) is 10.2 Å². The first-order valence-electron chi connectivity index (χ1n) is 12.1. The molecule has 0 bridgehead atoms. The van der Waals surface area contributed by atoms with Crippen LogP contribution in [0.2, 0.25) is 0 Å². The normalized spacial score (nSPS) is 20.6. The number of nitrogens with zero attached hydrogens (tertiary/aromatic N) is 1. The third-order valence-corrected chi connectivity index (χ3v) is 8.01. The molecule has 1 saturated carbocycles. The van der Waals surface area contributed by atoms with Crippen LogP contribution in [0.5, 0.6) is 0 Å². The predicted octanol–water partition coefficient (Wildman–Crippen LogP) is 6.21. The summed E-state index contributed by atoms with van der Waals surface area (Å²) in [7, 11) is 0. The molecule has 1 N–H and O–H groups in total. The van der Waals surface area contributed by atoms with Crippen LogP contribution in [0.15, 0.2) is 41.3 Å². The lowest BCUT2D eigenvalue weighted by Gasteiger charge is -2.28. The number of thioether (sulfide) groups is 1. The standard InChI is InChI=1S/C26H36N2O2S2/c1-3-4-7-16-22(21-14-10-6-11-15-21)17-23-25(30)28(26(31)32-23)19(2)24(29)27-18-20-12-8-5-9-13-20/h5,8-9,12-13,17,19,21-22H,3-4,6-7,10-11,14-16,18H2,1-2H3,(H,27,29). The fraction of sp³-hybridized carbons (Fsp3) is 0.577. The summed E-state index contributed by atoms with van der Waals surface area (Å²) in [6.07, 6.45) is 13.4. The van der Waals surface area contributed by atoms with Gasteiger partial charge in [-0.25, -0.2) is 0 Å². The summed E-state index contributed by atoms with van der Waals surface area (Å²) >= 11 is 6.89. The van der Waals surface area contributed by atoms with E-state index in [1.807, 2.05) is 30.3 Å².